The molecule has 0 fully saturated rings. The molecule has 4 unspecified atom stereocenters. The number of benzene rings is 1. The number of carbonyl (C=O) groups excluding carboxylic acids is 3. The van der Waals surface area contributed by atoms with Gasteiger partial charge in [0.1, 0.15) is 18.1 Å². The Labute approximate surface area is 205 Å². The summed E-state index contributed by atoms with van der Waals surface area (Å²) in [5.74, 6) is -3.37. The van der Waals surface area contributed by atoms with E-state index in [1.165, 1.54) is 0 Å². The molecule has 0 spiro atoms. The van der Waals surface area contributed by atoms with Crippen molar-refractivity contribution in [2.75, 3.05) is 13.1 Å². The summed E-state index contributed by atoms with van der Waals surface area (Å²) >= 11 is 0. The van der Waals surface area contributed by atoms with Gasteiger partial charge < -0.3 is 38.3 Å². The number of nitrogens with two attached hydrogens (primary N) is 3. The van der Waals surface area contributed by atoms with E-state index < -0.39 is 41.8 Å². The number of carbonyl (C=O) groups is 4. The number of aliphatic imine (C=N–C) groups is 1. The first-order valence-electron chi connectivity index (χ1n) is 11.5. The van der Waals surface area contributed by atoms with Gasteiger partial charge in [0, 0.05) is 13.0 Å². The van der Waals surface area contributed by atoms with Gasteiger partial charge in [-0.15, -0.1) is 0 Å². The summed E-state index contributed by atoms with van der Waals surface area (Å²) in [5, 5.41) is 17.3. The minimum Gasteiger partial charge on any atom is -0.480 e. The quantitative estimate of drug-likeness (QED) is 0.0898. The molecule has 0 aliphatic rings. The molecule has 10 N–H and O–H groups in total. The molecule has 0 bridgehead atoms. The van der Waals surface area contributed by atoms with E-state index in [0.29, 0.717) is 12.8 Å². The molecule has 35 heavy (non-hydrogen) atoms. The molecule has 4 atom stereocenters. The van der Waals surface area contributed by atoms with E-state index in [4.69, 9.17) is 17.2 Å². The third-order valence-electron chi connectivity index (χ3n) is 5.47. The minimum atomic E-state index is -1.16. The molecule has 0 aromatic heterocycles. The molecule has 0 aliphatic heterocycles. The van der Waals surface area contributed by atoms with E-state index in [1.807, 2.05) is 13.0 Å². The molecule has 0 radical (unpaired) electrons. The average Bonchev–Trinajstić information content (AvgIpc) is 2.83. The first-order valence-corrected chi connectivity index (χ1v) is 11.5. The Morgan fingerprint density at radius 3 is 2.17 bits per heavy atom. The fraction of sp³-hybridized carbons (Fsp3) is 0.522. The normalized spacial score (nSPS) is 14.0. The van der Waals surface area contributed by atoms with Gasteiger partial charge in [-0.25, -0.2) is 4.79 Å². The van der Waals surface area contributed by atoms with Crippen LogP contribution in [0.5, 0.6) is 0 Å². The number of carboxylic acids is 1. The Bertz CT molecular complexity index is 874. The van der Waals surface area contributed by atoms with Crippen LogP contribution in [-0.4, -0.2) is 66.0 Å². The van der Waals surface area contributed by atoms with Gasteiger partial charge in [0.25, 0.3) is 0 Å². The van der Waals surface area contributed by atoms with E-state index in [-0.39, 0.29) is 37.8 Å². The fourth-order valence-electron chi connectivity index (χ4n) is 3.29. The molecular formula is C23H37N7O5. The molecule has 0 heterocycles. The van der Waals surface area contributed by atoms with Gasteiger partial charge in [-0.2, -0.15) is 0 Å². The molecule has 1 aromatic rings. The molecule has 0 saturated carbocycles. The Morgan fingerprint density at radius 1 is 1.00 bits per heavy atom. The maximum atomic E-state index is 13.1. The highest BCUT2D eigenvalue weighted by molar-refractivity contribution is 5.93. The molecular weight excluding hydrogens is 454 g/mol. The lowest BCUT2D eigenvalue weighted by atomic mass is 9.98. The molecule has 194 valence electrons. The molecule has 0 aliphatic carbocycles. The summed E-state index contributed by atoms with van der Waals surface area (Å²) in [6, 6.07) is 5.79. The Hall–Kier alpha value is -3.67. The molecule has 3 amide bonds. The average molecular weight is 492 g/mol. The minimum absolute atomic E-state index is 0.0918. The van der Waals surface area contributed by atoms with Gasteiger partial charge in [0.15, 0.2) is 5.96 Å². The monoisotopic (exact) mass is 491 g/mol. The number of nitrogens with one attached hydrogen (secondary N) is 3. The van der Waals surface area contributed by atoms with Crippen molar-refractivity contribution in [3.63, 3.8) is 0 Å². The third-order valence-corrected chi connectivity index (χ3v) is 5.47. The second kappa shape index (κ2) is 15.3. The molecule has 0 saturated heterocycles. The van der Waals surface area contributed by atoms with Crippen molar-refractivity contribution in [2.24, 2.45) is 28.1 Å². The Morgan fingerprint density at radius 2 is 1.63 bits per heavy atom. The first kappa shape index (κ1) is 29.4. The molecule has 12 nitrogen and oxygen atoms in total. The summed E-state index contributed by atoms with van der Waals surface area (Å²) in [6.45, 7) is 3.47. The Balaban J connectivity index is 3.09. The highest BCUT2D eigenvalue weighted by Crippen LogP contribution is 2.10. The highest BCUT2D eigenvalue weighted by atomic mass is 16.4. The van der Waals surface area contributed by atoms with Gasteiger partial charge in [0.2, 0.25) is 17.7 Å². The number of hydrogen-bond acceptors (Lipinski definition) is 6. The highest BCUT2D eigenvalue weighted by Gasteiger charge is 2.31. The summed E-state index contributed by atoms with van der Waals surface area (Å²) < 4.78 is 0. The molecule has 1 aromatic carbocycles. The van der Waals surface area contributed by atoms with Gasteiger partial charge >= 0.3 is 5.97 Å². The van der Waals surface area contributed by atoms with Gasteiger partial charge in [-0.05, 0) is 24.3 Å². The number of rotatable bonds is 15. The van der Waals surface area contributed by atoms with Crippen LogP contribution in [0.1, 0.15) is 38.7 Å². The summed E-state index contributed by atoms with van der Waals surface area (Å²) in [6.07, 6.45) is 1.23. The molecule has 1 rings (SSSR count). The number of aliphatic carboxylic acids is 1. The van der Waals surface area contributed by atoms with Crippen molar-refractivity contribution in [2.45, 2.75) is 57.7 Å². The number of carboxylic acid groups (broad SMARTS) is 1. The van der Waals surface area contributed by atoms with Crippen LogP contribution in [0.4, 0.5) is 0 Å². The van der Waals surface area contributed by atoms with E-state index in [1.54, 1.807) is 31.2 Å². The predicted molar refractivity (Wildman–Crippen MR) is 132 cm³/mol. The van der Waals surface area contributed by atoms with Crippen LogP contribution in [0.25, 0.3) is 0 Å². The summed E-state index contributed by atoms with van der Waals surface area (Å²) in [4.78, 5) is 53.6. The van der Waals surface area contributed by atoms with Crippen LogP contribution in [0.15, 0.2) is 35.3 Å². The van der Waals surface area contributed by atoms with Crippen LogP contribution < -0.4 is 33.2 Å². The Kier molecular flexibility index (Phi) is 12.8. The summed E-state index contributed by atoms with van der Waals surface area (Å²) in [7, 11) is 0. The SMILES string of the molecule is CCC(C)C(NC(=O)C(Cc1ccccc1)NC(=O)C(CCCN=C(N)N)NC(=O)CN)C(=O)O. The fourth-order valence-corrected chi connectivity index (χ4v) is 3.29. The second-order valence-electron chi connectivity index (χ2n) is 8.23. The van der Waals surface area contributed by atoms with Crippen LogP contribution in [-0.2, 0) is 25.6 Å². The van der Waals surface area contributed by atoms with Gasteiger partial charge in [0.05, 0.1) is 6.54 Å². The smallest absolute Gasteiger partial charge is 0.326 e. The third kappa shape index (κ3) is 10.9. The first-order chi connectivity index (χ1) is 16.6. The lowest BCUT2D eigenvalue weighted by Crippen LogP contribution is -2.57. The van der Waals surface area contributed by atoms with E-state index in [9.17, 15) is 24.3 Å². The van der Waals surface area contributed by atoms with Crippen LogP contribution >= 0.6 is 0 Å². The van der Waals surface area contributed by atoms with E-state index >= 15 is 0 Å². The van der Waals surface area contributed by atoms with Gasteiger partial charge in [-0.1, -0.05) is 50.6 Å². The van der Waals surface area contributed by atoms with Crippen molar-refractivity contribution in [1.82, 2.24) is 16.0 Å². The standard InChI is InChI=1S/C23H37N7O5/c1-3-14(2)19(22(34)35)30-21(33)17(12-15-8-5-4-6-9-15)29-20(32)16(28-18(31)13-24)10-7-11-27-23(25)26/h4-6,8-9,14,16-17,19H,3,7,10-13,24H2,1-2H3,(H,28,31)(H,29,32)(H,30,33)(H,34,35)(H4,25,26,27). The number of amides is 3. The summed E-state index contributed by atoms with van der Waals surface area (Å²) in [5.41, 5.74) is 16.8. The lowest BCUT2D eigenvalue weighted by Gasteiger charge is -2.26. The van der Waals surface area contributed by atoms with Crippen molar-refractivity contribution >= 4 is 29.7 Å². The maximum Gasteiger partial charge on any atom is 0.326 e. The number of guanidine groups is 1. The van der Waals surface area contributed by atoms with E-state index in [2.05, 4.69) is 20.9 Å². The van der Waals surface area contributed by atoms with Crippen molar-refractivity contribution < 1.29 is 24.3 Å². The van der Waals surface area contributed by atoms with Crippen LogP contribution in [0, 0.1) is 5.92 Å². The van der Waals surface area contributed by atoms with Gasteiger partial charge in [-0.3, -0.25) is 19.4 Å². The zero-order chi connectivity index (χ0) is 26.4. The second-order valence-corrected chi connectivity index (χ2v) is 8.23. The predicted octanol–water partition coefficient (Wildman–Crippen LogP) is -1.17. The van der Waals surface area contributed by atoms with E-state index in [0.717, 1.165) is 5.56 Å². The molecule has 12 heteroatoms. The zero-order valence-electron chi connectivity index (χ0n) is 20.2. The lowest BCUT2D eigenvalue weighted by molar-refractivity contribution is -0.143. The van der Waals surface area contributed by atoms with Crippen LogP contribution in [0.2, 0.25) is 0 Å². The number of hydrogen-bond donors (Lipinski definition) is 7. The topological polar surface area (TPSA) is 215 Å². The number of nitrogens with zero attached hydrogens (tertiary/aromatic N) is 1. The van der Waals surface area contributed by atoms with Crippen molar-refractivity contribution in [3.05, 3.63) is 35.9 Å². The zero-order valence-corrected chi connectivity index (χ0v) is 20.2. The largest absolute Gasteiger partial charge is 0.480 e. The van der Waals surface area contributed by atoms with Crippen molar-refractivity contribution in [1.29, 1.82) is 0 Å². The van der Waals surface area contributed by atoms with Crippen LogP contribution in [0.3, 0.4) is 0 Å². The maximum absolute atomic E-state index is 13.1. The van der Waals surface area contributed by atoms with Crippen molar-refractivity contribution in [3.8, 4) is 0 Å².